The first kappa shape index (κ1) is 26.8. The molecule has 0 aliphatic carbocycles. The predicted molar refractivity (Wildman–Crippen MR) is 124 cm³/mol. The predicted octanol–water partition coefficient (Wildman–Crippen LogP) is 4.91. The number of hydrogen-bond acceptors (Lipinski definition) is 5. The van der Waals surface area contributed by atoms with Crippen LogP contribution in [0.2, 0.25) is 0 Å². The van der Waals surface area contributed by atoms with Crippen molar-refractivity contribution in [1.29, 1.82) is 0 Å². The molecule has 192 valence electrons. The Labute approximate surface area is 203 Å². The Morgan fingerprint density at radius 2 is 1.66 bits per heavy atom. The smallest absolute Gasteiger partial charge is 0.465 e. The maximum atomic E-state index is 12.6. The molecule has 1 fully saturated rings. The average molecular weight is 515 g/mol. The van der Waals surface area contributed by atoms with Gasteiger partial charge in [-0.15, -0.1) is 0 Å². The second-order valence-corrected chi connectivity index (χ2v) is 11.2. The lowest BCUT2D eigenvalue weighted by atomic mass is 9.80. The minimum absolute atomic E-state index is 0.0468. The lowest BCUT2D eigenvalue weighted by Gasteiger charge is -2.47. The van der Waals surface area contributed by atoms with Crippen LogP contribution >= 0.6 is 0 Å². The van der Waals surface area contributed by atoms with Crippen LogP contribution in [-0.4, -0.2) is 60.6 Å². The molecule has 0 radical (unpaired) electrons. The van der Waals surface area contributed by atoms with Crippen LogP contribution in [-0.2, 0) is 16.5 Å². The molecule has 1 heterocycles. The Bertz CT molecular complexity index is 1120. The zero-order valence-corrected chi connectivity index (χ0v) is 20.5. The van der Waals surface area contributed by atoms with E-state index in [4.69, 9.17) is 0 Å². The van der Waals surface area contributed by atoms with Gasteiger partial charge in [0.05, 0.1) is 6.04 Å². The van der Waals surface area contributed by atoms with Crippen molar-refractivity contribution in [2.75, 3.05) is 19.6 Å². The van der Waals surface area contributed by atoms with Crippen LogP contribution in [0.1, 0.15) is 37.9 Å². The van der Waals surface area contributed by atoms with Gasteiger partial charge in [0, 0.05) is 25.7 Å². The molecule has 2 aromatic carbocycles. The van der Waals surface area contributed by atoms with E-state index in [0.29, 0.717) is 31.6 Å². The average Bonchev–Trinajstić information content (AvgIpc) is 2.74. The fraction of sp³-hybridized carbons (Fsp3) is 0.458. The Balaban J connectivity index is 1.81. The summed E-state index contributed by atoms with van der Waals surface area (Å²) in [5.41, 5.74) is -3.87. The molecule has 0 aromatic heterocycles. The van der Waals surface area contributed by atoms with Crippen molar-refractivity contribution in [3.63, 3.8) is 0 Å². The van der Waals surface area contributed by atoms with Gasteiger partial charge in [-0.25, -0.2) is 4.79 Å². The summed E-state index contributed by atoms with van der Waals surface area (Å²) in [7, 11) is -5.76. The normalized spacial score (nSPS) is 18.8. The maximum absolute atomic E-state index is 12.6. The largest absolute Gasteiger partial charge is 0.534 e. The first-order chi connectivity index (χ1) is 16.2. The number of piperazine rings is 1. The molecule has 35 heavy (non-hydrogen) atoms. The molecule has 1 saturated heterocycles. The summed E-state index contributed by atoms with van der Waals surface area (Å²) in [6.45, 7) is 7.74. The van der Waals surface area contributed by atoms with Crippen LogP contribution in [0.15, 0.2) is 54.6 Å². The minimum atomic E-state index is -5.76. The molecule has 1 amide bonds. The quantitative estimate of drug-likeness (QED) is 0.436. The van der Waals surface area contributed by atoms with E-state index < -0.39 is 33.5 Å². The van der Waals surface area contributed by atoms with Crippen molar-refractivity contribution in [1.82, 2.24) is 9.80 Å². The molecule has 1 aliphatic rings. The standard InChI is InChI=1S/C24H29F3N2O5S/c1-23(2,3)21(18-7-5-4-6-8-18)28-13-14-29(22(30)31)19(16-28)15-17-9-11-20(12-10-17)34-35(32,33)24(25,26)27/h4-12,19,21H,13-16H2,1-3H3,(H,30,31)/t19-,21?/m1/s1. The van der Waals surface area contributed by atoms with Gasteiger partial charge in [-0.3, -0.25) is 4.90 Å². The highest BCUT2D eigenvalue weighted by Crippen LogP contribution is 2.39. The third-order valence-electron chi connectivity index (χ3n) is 5.94. The molecular weight excluding hydrogens is 485 g/mol. The van der Waals surface area contributed by atoms with E-state index in [1.165, 1.54) is 17.0 Å². The van der Waals surface area contributed by atoms with E-state index in [0.717, 1.165) is 17.7 Å². The number of amides is 1. The third-order valence-corrected chi connectivity index (χ3v) is 6.92. The number of rotatable bonds is 6. The number of hydrogen-bond donors (Lipinski definition) is 1. The highest BCUT2D eigenvalue weighted by atomic mass is 32.2. The van der Waals surface area contributed by atoms with E-state index >= 15 is 0 Å². The molecule has 2 aromatic rings. The first-order valence-electron chi connectivity index (χ1n) is 11.1. The molecule has 1 aliphatic heterocycles. The summed E-state index contributed by atoms with van der Waals surface area (Å²) in [5.74, 6) is -0.469. The summed E-state index contributed by atoms with van der Waals surface area (Å²) in [4.78, 5) is 15.6. The lowest BCUT2D eigenvalue weighted by Crippen LogP contribution is -2.57. The molecule has 1 N–H and O–H groups in total. The number of nitrogens with zero attached hydrogens (tertiary/aromatic N) is 2. The van der Waals surface area contributed by atoms with Crippen LogP contribution in [0.25, 0.3) is 0 Å². The van der Waals surface area contributed by atoms with Gasteiger partial charge < -0.3 is 14.2 Å². The SMILES string of the molecule is CC(C)(C)C(c1ccccc1)N1CCN(C(=O)O)[C@H](Cc2ccc(OS(=O)(=O)C(F)(F)F)cc2)C1. The highest BCUT2D eigenvalue weighted by molar-refractivity contribution is 7.88. The van der Waals surface area contributed by atoms with Gasteiger partial charge >= 0.3 is 21.7 Å². The highest BCUT2D eigenvalue weighted by Gasteiger charge is 2.48. The van der Waals surface area contributed by atoms with E-state index in [-0.39, 0.29) is 11.5 Å². The zero-order valence-electron chi connectivity index (χ0n) is 19.7. The number of benzene rings is 2. The lowest BCUT2D eigenvalue weighted by molar-refractivity contribution is -0.0500. The van der Waals surface area contributed by atoms with E-state index in [2.05, 4.69) is 42.0 Å². The summed E-state index contributed by atoms with van der Waals surface area (Å²) >= 11 is 0. The second-order valence-electron chi connectivity index (χ2n) is 9.64. The maximum Gasteiger partial charge on any atom is 0.534 e. The van der Waals surface area contributed by atoms with Crippen LogP contribution < -0.4 is 4.18 Å². The summed E-state index contributed by atoms with van der Waals surface area (Å²) in [6.07, 6.45) is -0.737. The Morgan fingerprint density at radius 1 is 1.06 bits per heavy atom. The van der Waals surface area contributed by atoms with Crippen molar-refractivity contribution in [3.8, 4) is 5.75 Å². The fourth-order valence-corrected chi connectivity index (χ4v) is 5.02. The Kier molecular flexibility index (Phi) is 7.71. The van der Waals surface area contributed by atoms with Crippen molar-refractivity contribution in [3.05, 3.63) is 65.7 Å². The van der Waals surface area contributed by atoms with Crippen LogP contribution in [0.3, 0.4) is 0 Å². The van der Waals surface area contributed by atoms with Gasteiger partial charge in [0.1, 0.15) is 5.75 Å². The zero-order chi connectivity index (χ0) is 26.0. The van der Waals surface area contributed by atoms with Crippen LogP contribution in [0.4, 0.5) is 18.0 Å². The number of halogens is 3. The minimum Gasteiger partial charge on any atom is -0.465 e. The molecule has 0 bridgehead atoms. The van der Waals surface area contributed by atoms with Crippen molar-refractivity contribution in [2.24, 2.45) is 5.41 Å². The van der Waals surface area contributed by atoms with Gasteiger partial charge in [-0.05, 0) is 35.1 Å². The van der Waals surface area contributed by atoms with Crippen LogP contribution in [0, 0.1) is 5.41 Å². The van der Waals surface area contributed by atoms with Gasteiger partial charge in [-0.1, -0.05) is 63.2 Å². The molecule has 11 heteroatoms. The van der Waals surface area contributed by atoms with E-state index in [1.54, 1.807) is 0 Å². The third kappa shape index (κ3) is 6.46. The molecule has 1 unspecified atom stereocenters. The fourth-order valence-electron chi connectivity index (χ4n) is 4.56. The molecular formula is C24H29F3N2O5S. The van der Waals surface area contributed by atoms with Crippen LogP contribution in [0.5, 0.6) is 5.75 Å². The summed E-state index contributed by atoms with van der Waals surface area (Å²) in [6, 6.07) is 14.8. The first-order valence-corrected chi connectivity index (χ1v) is 12.5. The van der Waals surface area contributed by atoms with Crippen molar-refractivity contribution >= 4 is 16.2 Å². The Morgan fingerprint density at radius 3 is 2.17 bits per heavy atom. The van der Waals surface area contributed by atoms with Gasteiger partial charge in [0.25, 0.3) is 0 Å². The monoisotopic (exact) mass is 514 g/mol. The topological polar surface area (TPSA) is 87.2 Å². The summed E-state index contributed by atoms with van der Waals surface area (Å²) in [5, 5.41) is 9.75. The number of alkyl halides is 3. The van der Waals surface area contributed by atoms with Gasteiger partial charge in [0.15, 0.2) is 0 Å². The Hall–Kier alpha value is -2.79. The second kappa shape index (κ2) is 10.1. The molecule has 0 saturated carbocycles. The van der Waals surface area contributed by atoms with Gasteiger partial charge in [-0.2, -0.15) is 21.6 Å². The summed E-state index contributed by atoms with van der Waals surface area (Å²) < 4.78 is 64.2. The van der Waals surface area contributed by atoms with Gasteiger partial charge in [0.2, 0.25) is 0 Å². The molecule has 7 nitrogen and oxygen atoms in total. The molecule has 2 atom stereocenters. The molecule has 0 spiro atoms. The van der Waals surface area contributed by atoms with Crippen molar-refractivity contribution < 1.29 is 35.7 Å². The van der Waals surface area contributed by atoms with Crippen molar-refractivity contribution in [2.45, 2.75) is 44.8 Å². The number of carbonyl (C=O) groups is 1. The molecule has 3 rings (SSSR count). The van der Waals surface area contributed by atoms with E-state index in [1.807, 2.05) is 18.2 Å². The number of carboxylic acid groups (broad SMARTS) is 1. The van der Waals surface area contributed by atoms with E-state index in [9.17, 15) is 31.5 Å².